The van der Waals surface area contributed by atoms with Gasteiger partial charge in [-0.3, -0.25) is 9.59 Å². The maximum atomic E-state index is 12.5. The maximum Gasteiger partial charge on any atom is 0.308 e. The van der Waals surface area contributed by atoms with Gasteiger partial charge in [-0.2, -0.15) is 0 Å². The number of carbonyl (C=O) groups excluding carboxylic acids is 2. The second-order valence-electron chi connectivity index (χ2n) is 5.95. The van der Waals surface area contributed by atoms with Crippen LogP contribution in [0.1, 0.15) is 36.7 Å². The van der Waals surface area contributed by atoms with E-state index in [0.717, 1.165) is 11.1 Å². The van der Waals surface area contributed by atoms with Crippen molar-refractivity contribution in [3.05, 3.63) is 77.4 Å². The SMILES string of the molecule is CC(=O)Oc1cc(OCC=C(C)C)ccc1C(=O)/C=C/c1ccccc1. The zero-order chi connectivity index (χ0) is 18.9. The van der Waals surface area contributed by atoms with Crippen molar-refractivity contribution in [2.75, 3.05) is 6.61 Å². The molecule has 0 heterocycles. The topological polar surface area (TPSA) is 52.6 Å². The summed E-state index contributed by atoms with van der Waals surface area (Å²) in [7, 11) is 0. The van der Waals surface area contributed by atoms with E-state index in [1.807, 2.05) is 50.3 Å². The van der Waals surface area contributed by atoms with Crippen LogP contribution in [0.4, 0.5) is 0 Å². The van der Waals surface area contributed by atoms with Gasteiger partial charge in [0.15, 0.2) is 5.78 Å². The van der Waals surface area contributed by atoms with Crippen molar-refractivity contribution in [3.63, 3.8) is 0 Å². The third-order valence-electron chi connectivity index (χ3n) is 3.44. The molecule has 0 unspecified atom stereocenters. The minimum Gasteiger partial charge on any atom is -0.489 e. The number of allylic oxidation sites excluding steroid dienone is 2. The first-order chi connectivity index (χ1) is 12.5. The highest BCUT2D eigenvalue weighted by Gasteiger charge is 2.13. The Morgan fingerprint density at radius 2 is 1.73 bits per heavy atom. The predicted octanol–water partition coefficient (Wildman–Crippen LogP) is 4.85. The molecule has 0 bridgehead atoms. The Morgan fingerprint density at radius 1 is 1.00 bits per heavy atom. The Hall–Kier alpha value is -3.14. The monoisotopic (exact) mass is 350 g/mol. The van der Waals surface area contributed by atoms with Gasteiger partial charge in [0.2, 0.25) is 0 Å². The second kappa shape index (κ2) is 9.37. The smallest absolute Gasteiger partial charge is 0.308 e. The normalized spacial score (nSPS) is 10.4. The number of rotatable bonds is 7. The Balaban J connectivity index is 2.22. The molecule has 0 aliphatic carbocycles. The summed E-state index contributed by atoms with van der Waals surface area (Å²) < 4.78 is 10.8. The van der Waals surface area contributed by atoms with E-state index in [0.29, 0.717) is 17.9 Å². The first-order valence-corrected chi connectivity index (χ1v) is 8.32. The van der Waals surface area contributed by atoms with Gasteiger partial charge in [0.25, 0.3) is 0 Å². The fourth-order valence-corrected chi connectivity index (χ4v) is 2.17. The van der Waals surface area contributed by atoms with E-state index in [-0.39, 0.29) is 11.5 Å². The van der Waals surface area contributed by atoms with E-state index in [2.05, 4.69) is 0 Å². The lowest BCUT2D eigenvalue weighted by atomic mass is 10.1. The van der Waals surface area contributed by atoms with Crippen LogP contribution in [-0.4, -0.2) is 18.4 Å². The van der Waals surface area contributed by atoms with E-state index in [1.54, 1.807) is 24.3 Å². The third kappa shape index (κ3) is 6.06. The first kappa shape index (κ1) is 19.2. The van der Waals surface area contributed by atoms with Crippen LogP contribution in [0.15, 0.2) is 66.3 Å². The summed E-state index contributed by atoms with van der Waals surface area (Å²) in [5.41, 5.74) is 2.36. The molecule has 0 aromatic heterocycles. The summed E-state index contributed by atoms with van der Waals surface area (Å²) in [5.74, 6) is -0.0225. The van der Waals surface area contributed by atoms with Crippen molar-refractivity contribution in [2.45, 2.75) is 20.8 Å². The number of hydrogen-bond donors (Lipinski definition) is 0. The number of benzene rings is 2. The summed E-state index contributed by atoms with van der Waals surface area (Å²) in [6.07, 6.45) is 5.12. The number of hydrogen-bond acceptors (Lipinski definition) is 4. The van der Waals surface area contributed by atoms with Gasteiger partial charge in [0, 0.05) is 13.0 Å². The molecule has 0 spiro atoms. The maximum absolute atomic E-state index is 12.5. The molecule has 2 rings (SSSR count). The Morgan fingerprint density at radius 3 is 2.38 bits per heavy atom. The van der Waals surface area contributed by atoms with Crippen molar-refractivity contribution in [3.8, 4) is 11.5 Å². The van der Waals surface area contributed by atoms with Crippen LogP contribution >= 0.6 is 0 Å². The number of esters is 1. The molecule has 2 aromatic carbocycles. The van der Waals surface area contributed by atoms with E-state index in [9.17, 15) is 9.59 Å². The molecular weight excluding hydrogens is 328 g/mol. The van der Waals surface area contributed by atoms with Crippen LogP contribution in [0, 0.1) is 0 Å². The number of carbonyl (C=O) groups is 2. The Kier molecular flexibility index (Phi) is 6.92. The fourth-order valence-electron chi connectivity index (χ4n) is 2.17. The van der Waals surface area contributed by atoms with Gasteiger partial charge < -0.3 is 9.47 Å². The summed E-state index contributed by atoms with van der Waals surface area (Å²) in [4.78, 5) is 23.9. The quantitative estimate of drug-likeness (QED) is 0.235. The molecule has 0 radical (unpaired) electrons. The van der Waals surface area contributed by atoms with Gasteiger partial charge in [0.1, 0.15) is 18.1 Å². The molecular formula is C22H22O4. The molecule has 2 aromatic rings. The first-order valence-electron chi connectivity index (χ1n) is 8.32. The van der Waals surface area contributed by atoms with Gasteiger partial charge in [-0.25, -0.2) is 0 Å². The lowest BCUT2D eigenvalue weighted by molar-refractivity contribution is -0.131. The molecule has 0 aliphatic heterocycles. The van der Waals surface area contributed by atoms with E-state index < -0.39 is 5.97 Å². The summed E-state index contributed by atoms with van der Waals surface area (Å²) >= 11 is 0. The molecule has 4 nitrogen and oxygen atoms in total. The van der Waals surface area contributed by atoms with Crippen LogP contribution in [0.5, 0.6) is 11.5 Å². The fraction of sp³-hybridized carbons (Fsp3) is 0.182. The highest BCUT2D eigenvalue weighted by atomic mass is 16.5. The van der Waals surface area contributed by atoms with E-state index in [1.165, 1.54) is 13.0 Å². The third-order valence-corrected chi connectivity index (χ3v) is 3.44. The number of ether oxygens (including phenoxy) is 2. The highest BCUT2D eigenvalue weighted by Crippen LogP contribution is 2.26. The summed E-state index contributed by atoms with van der Waals surface area (Å²) in [6, 6.07) is 14.4. The molecule has 0 saturated heterocycles. The largest absolute Gasteiger partial charge is 0.489 e. The van der Waals surface area contributed by atoms with Gasteiger partial charge >= 0.3 is 5.97 Å². The van der Waals surface area contributed by atoms with Crippen molar-refractivity contribution in [2.24, 2.45) is 0 Å². The van der Waals surface area contributed by atoms with Gasteiger partial charge in [-0.1, -0.05) is 42.0 Å². The van der Waals surface area contributed by atoms with Crippen molar-refractivity contribution < 1.29 is 19.1 Å². The molecule has 4 heteroatoms. The predicted molar refractivity (Wildman–Crippen MR) is 102 cm³/mol. The molecule has 0 atom stereocenters. The summed E-state index contributed by atoms with van der Waals surface area (Å²) in [5, 5.41) is 0. The summed E-state index contributed by atoms with van der Waals surface area (Å²) in [6.45, 7) is 5.66. The lowest BCUT2D eigenvalue weighted by Crippen LogP contribution is -2.07. The highest BCUT2D eigenvalue weighted by molar-refractivity contribution is 6.09. The Bertz CT molecular complexity index is 828. The number of ketones is 1. The molecule has 0 aliphatic rings. The average molecular weight is 350 g/mol. The molecule has 0 saturated carbocycles. The lowest BCUT2D eigenvalue weighted by Gasteiger charge is -2.10. The minimum atomic E-state index is -0.493. The van der Waals surface area contributed by atoms with Crippen LogP contribution < -0.4 is 9.47 Å². The second-order valence-corrected chi connectivity index (χ2v) is 5.95. The molecule has 0 amide bonds. The minimum absolute atomic E-state index is 0.190. The van der Waals surface area contributed by atoms with Gasteiger partial charge in [-0.15, -0.1) is 0 Å². The van der Waals surface area contributed by atoms with Crippen LogP contribution in [0.3, 0.4) is 0 Å². The average Bonchev–Trinajstić information content (AvgIpc) is 2.60. The Labute approximate surface area is 153 Å². The standard InChI is InChI=1S/C22H22O4/c1-16(2)13-14-25-19-10-11-20(22(15-19)26-17(3)23)21(24)12-9-18-7-5-4-6-8-18/h4-13,15H,14H2,1-3H3/b12-9+. The van der Waals surface area contributed by atoms with Crippen LogP contribution in [-0.2, 0) is 4.79 Å². The van der Waals surface area contributed by atoms with Crippen molar-refractivity contribution in [1.29, 1.82) is 0 Å². The van der Waals surface area contributed by atoms with Gasteiger partial charge in [0.05, 0.1) is 5.56 Å². The molecule has 26 heavy (non-hydrogen) atoms. The van der Waals surface area contributed by atoms with Crippen LogP contribution in [0.2, 0.25) is 0 Å². The molecule has 0 N–H and O–H groups in total. The molecule has 0 fully saturated rings. The zero-order valence-corrected chi connectivity index (χ0v) is 15.2. The molecule has 134 valence electrons. The van der Waals surface area contributed by atoms with E-state index >= 15 is 0 Å². The van der Waals surface area contributed by atoms with Crippen molar-refractivity contribution in [1.82, 2.24) is 0 Å². The van der Waals surface area contributed by atoms with Gasteiger partial charge in [-0.05, 0) is 43.7 Å². The van der Waals surface area contributed by atoms with E-state index in [4.69, 9.17) is 9.47 Å². The van der Waals surface area contributed by atoms with Crippen LogP contribution in [0.25, 0.3) is 6.08 Å². The zero-order valence-electron chi connectivity index (χ0n) is 15.2. The van der Waals surface area contributed by atoms with Crippen molar-refractivity contribution >= 4 is 17.8 Å².